The molecule has 0 aliphatic carbocycles. The largest absolute Gasteiger partial charge is 0.477 e. The molecule has 0 aromatic carbocycles. The number of nitro groups is 1. The van der Waals surface area contributed by atoms with Gasteiger partial charge in [-0.1, -0.05) is 6.07 Å². The highest BCUT2D eigenvalue weighted by Gasteiger charge is 2.23. The number of rotatable bonds is 3. The first-order valence-corrected chi connectivity index (χ1v) is 5.33. The van der Waals surface area contributed by atoms with E-state index in [1.54, 1.807) is 0 Å². The summed E-state index contributed by atoms with van der Waals surface area (Å²) in [5.41, 5.74) is 0.317. The van der Waals surface area contributed by atoms with E-state index in [-0.39, 0.29) is 22.9 Å². The Morgan fingerprint density at radius 3 is 2.63 bits per heavy atom. The van der Waals surface area contributed by atoms with Gasteiger partial charge in [-0.3, -0.25) is 10.1 Å². The van der Waals surface area contributed by atoms with Crippen LogP contribution in [0.15, 0.2) is 18.2 Å². The molecule has 0 saturated heterocycles. The number of aromatic nitrogens is 3. The third-order valence-electron chi connectivity index (χ3n) is 2.61. The minimum atomic E-state index is -1.17. The first-order chi connectivity index (χ1) is 8.91. The quantitative estimate of drug-likeness (QED) is 0.662. The van der Waals surface area contributed by atoms with Crippen LogP contribution in [-0.2, 0) is 0 Å². The topological polar surface area (TPSA) is 111 Å². The van der Waals surface area contributed by atoms with Crippen LogP contribution in [0.1, 0.15) is 21.9 Å². The average Bonchev–Trinajstić information content (AvgIpc) is 2.65. The van der Waals surface area contributed by atoms with Crippen LogP contribution in [0.5, 0.6) is 0 Å². The summed E-state index contributed by atoms with van der Waals surface area (Å²) in [6.07, 6.45) is 0. The summed E-state index contributed by atoms with van der Waals surface area (Å²) in [5.74, 6) is -0.938. The van der Waals surface area contributed by atoms with Gasteiger partial charge in [-0.05, 0) is 26.0 Å². The molecule has 0 bridgehead atoms. The zero-order chi connectivity index (χ0) is 14.2. The highest BCUT2D eigenvalue weighted by Crippen LogP contribution is 2.23. The van der Waals surface area contributed by atoms with Crippen molar-refractivity contribution in [1.29, 1.82) is 0 Å². The van der Waals surface area contributed by atoms with Crippen molar-refractivity contribution < 1.29 is 14.8 Å². The van der Waals surface area contributed by atoms with Crippen LogP contribution in [0, 0.1) is 24.0 Å². The summed E-state index contributed by atoms with van der Waals surface area (Å²) >= 11 is 0. The fraction of sp³-hybridized carbons (Fsp3) is 0.182. The third-order valence-corrected chi connectivity index (χ3v) is 2.61. The lowest BCUT2D eigenvalue weighted by Gasteiger charge is -2.03. The second-order valence-corrected chi connectivity index (χ2v) is 3.87. The summed E-state index contributed by atoms with van der Waals surface area (Å²) < 4.78 is 1.26. The van der Waals surface area contributed by atoms with Crippen molar-refractivity contribution in [3.8, 4) is 5.82 Å². The van der Waals surface area contributed by atoms with Crippen LogP contribution in [-0.4, -0.2) is 30.8 Å². The molecule has 0 unspecified atom stereocenters. The van der Waals surface area contributed by atoms with Gasteiger partial charge in [-0.2, -0.15) is 5.10 Å². The fourth-order valence-electron chi connectivity index (χ4n) is 1.78. The van der Waals surface area contributed by atoms with Crippen LogP contribution in [0.25, 0.3) is 5.82 Å². The molecule has 0 saturated carbocycles. The molecule has 0 radical (unpaired) electrons. The second-order valence-electron chi connectivity index (χ2n) is 3.87. The molecule has 2 aromatic rings. The smallest absolute Gasteiger partial charge is 0.354 e. The Kier molecular flexibility index (Phi) is 2.99. The highest BCUT2D eigenvalue weighted by molar-refractivity contribution is 5.85. The number of carbonyl (C=O) groups is 1. The van der Waals surface area contributed by atoms with Crippen molar-refractivity contribution in [2.24, 2.45) is 0 Å². The summed E-state index contributed by atoms with van der Waals surface area (Å²) in [4.78, 5) is 25.1. The van der Waals surface area contributed by atoms with Gasteiger partial charge < -0.3 is 5.11 Å². The molecule has 0 amide bonds. The molecule has 8 heteroatoms. The normalized spacial score (nSPS) is 10.4. The van der Waals surface area contributed by atoms with Crippen molar-refractivity contribution >= 4 is 11.7 Å². The van der Waals surface area contributed by atoms with Gasteiger partial charge in [-0.25, -0.2) is 14.5 Å². The second kappa shape index (κ2) is 4.48. The number of carboxylic acid groups (broad SMARTS) is 1. The van der Waals surface area contributed by atoms with E-state index in [9.17, 15) is 14.9 Å². The van der Waals surface area contributed by atoms with Crippen molar-refractivity contribution in [3.05, 3.63) is 45.4 Å². The lowest BCUT2D eigenvalue weighted by Crippen LogP contribution is -2.07. The molecule has 0 aliphatic rings. The van der Waals surface area contributed by atoms with E-state index < -0.39 is 10.9 Å². The molecule has 0 atom stereocenters. The van der Waals surface area contributed by atoms with Crippen LogP contribution < -0.4 is 0 Å². The van der Waals surface area contributed by atoms with Crippen LogP contribution in [0.2, 0.25) is 0 Å². The number of aromatic carboxylic acids is 1. The first kappa shape index (κ1) is 12.7. The van der Waals surface area contributed by atoms with Crippen molar-refractivity contribution in [3.63, 3.8) is 0 Å². The number of pyridine rings is 1. The Morgan fingerprint density at radius 1 is 1.42 bits per heavy atom. The molecule has 1 N–H and O–H groups in total. The maximum atomic E-state index is 10.9. The molecular formula is C11H10N4O4. The Labute approximate surface area is 107 Å². The van der Waals surface area contributed by atoms with Gasteiger partial charge in [0, 0.05) is 0 Å². The molecule has 0 fully saturated rings. The lowest BCUT2D eigenvalue weighted by molar-refractivity contribution is -0.386. The lowest BCUT2D eigenvalue weighted by atomic mass is 10.3. The number of nitrogens with zero attached hydrogens (tertiary/aromatic N) is 4. The van der Waals surface area contributed by atoms with Gasteiger partial charge >= 0.3 is 11.7 Å². The van der Waals surface area contributed by atoms with Gasteiger partial charge in [0.05, 0.1) is 4.92 Å². The molecule has 2 aromatic heterocycles. The molecule has 98 valence electrons. The van der Waals surface area contributed by atoms with E-state index in [4.69, 9.17) is 5.11 Å². The number of carboxylic acids is 1. The maximum absolute atomic E-state index is 10.9. The van der Waals surface area contributed by atoms with Gasteiger partial charge in [0.1, 0.15) is 11.4 Å². The predicted octanol–water partition coefficient (Wildman–Crippen LogP) is 1.49. The van der Waals surface area contributed by atoms with E-state index >= 15 is 0 Å². The minimum absolute atomic E-state index is 0.0949. The van der Waals surface area contributed by atoms with E-state index in [1.807, 2.05) is 0 Å². The van der Waals surface area contributed by atoms with E-state index in [1.165, 1.54) is 36.7 Å². The summed E-state index contributed by atoms with van der Waals surface area (Å²) in [6.45, 7) is 3.05. The molecule has 2 heterocycles. The Morgan fingerprint density at radius 2 is 2.11 bits per heavy atom. The Balaban J connectivity index is 2.60. The van der Waals surface area contributed by atoms with Gasteiger partial charge in [0.2, 0.25) is 0 Å². The molecule has 8 nitrogen and oxygen atoms in total. The summed E-state index contributed by atoms with van der Waals surface area (Å²) in [5, 5.41) is 23.8. The third kappa shape index (κ3) is 2.15. The van der Waals surface area contributed by atoms with Crippen molar-refractivity contribution in [2.75, 3.05) is 0 Å². The van der Waals surface area contributed by atoms with Gasteiger partial charge in [0.25, 0.3) is 0 Å². The summed E-state index contributed by atoms with van der Waals surface area (Å²) in [7, 11) is 0. The van der Waals surface area contributed by atoms with Crippen molar-refractivity contribution in [1.82, 2.24) is 14.8 Å². The SMILES string of the molecule is Cc1nn(-c2cccc(C(=O)O)n2)c(C)c1[N+](=O)[O-]. The Hall–Kier alpha value is -2.77. The molecule has 2 rings (SSSR count). The van der Waals surface area contributed by atoms with Crippen LogP contribution in [0.4, 0.5) is 5.69 Å². The van der Waals surface area contributed by atoms with E-state index in [0.29, 0.717) is 5.69 Å². The maximum Gasteiger partial charge on any atom is 0.354 e. The highest BCUT2D eigenvalue weighted by atomic mass is 16.6. The summed E-state index contributed by atoms with van der Waals surface area (Å²) in [6, 6.07) is 4.38. The van der Waals surface area contributed by atoms with Gasteiger partial charge in [-0.15, -0.1) is 0 Å². The van der Waals surface area contributed by atoms with E-state index in [0.717, 1.165) is 0 Å². The van der Waals surface area contributed by atoms with Crippen molar-refractivity contribution in [2.45, 2.75) is 13.8 Å². The first-order valence-electron chi connectivity index (χ1n) is 5.33. The predicted molar refractivity (Wildman–Crippen MR) is 64.4 cm³/mol. The molecule has 0 aliphatic heterocycles. The van der Waals surface area contributed by atoms with Crippen LogP contribution in [0.3, 0.4) is 0 Å². The number of hydrogen-bond acceptors (Lipinski definition) is 5. The van der Waals surface area contributed by atoms with Crippen LogP contribution >= 0.6 is 0 Å². The Bertz CT molecular complexity index is 677. The van der Waals surface area contributed by atoms with Gasteiger partial charge in [0.15, 0.2) is 11.5 Å². The zero-order valence-corrected chi connectivity index (χ0v) is 10.2. The van der Waals surface area contributed by atoms with E-state index in [2.05, 4.69) is 10.1 Å². The monoisotopic (exact) mass is 262 g/mol. The minimum Gasteiger partial charge on any atom is -0.477 e. The molecule has 19 heavy (non-hydrogen) atoms. The number of aryl methyl sites for hydroxylation is 1. The zero-order valence-electron chi connectivity index (χ0n) is 10.2. The standard InChI is InChI=1S/C11H10N4O4/c1-6-10(15(18)19)7(2)14(13-6)9-5-3-4-8(12-9)11(16)17/h3-5H,1-2H3,(H,16,17). The fourth-order valence-corrected chi connectivity index (χ4v) is 1.78. The number of hydrogen-bond donors (Lipinski definition) is 1. The molecular weight excluding hydrogens is 252 g/mol. The average molecular weight is 262 g/mol. The molecule has 0 spiro atoms.